The van der Waals surface area contributed by atoms with E-state index in [0.29, 0.717) is 6.04 Å². The molecule has 1 heterocycles. The Kier molecular flexibility index (Phi) is 3.55. The van der Waals surface area contributed by atoms with E-state index in [2.05, 4.69) is 31.5 Å². The summed E-state index contributed by atoms with van der Waals surface area (Å²) in [7, 11) is 2.20. The van der Waals surface area contributed by atoms with Crippen molar-refractivity contribution in [1.29, 1.82) is 0 Å². The van der Waals surface area contributed by atoms with Crippen LogP contribution < -0.4 is 5.73 Å². The fourth-order valence-electron chi connectivity index (χ4n) is 3.32. The number of nitrogens with two attached hydrogens (primary N) is 1. The molecule has 1 atom stereocenters. The highest BCUT2D eigenvalue weighted by Crippen LogP contribution is 2.49. The van der Waals surface area contributed by atoms with Gasteiger partial charge in [0.25, 0.3) is 0 Å². The molecule has 2 N–H and O–H groups in total. The first kappa shape index (κ1) is 12.6. The lowest BCUT2D eigenvalue weighted by molar-refractivity contribution is 0.138. The molecule has 2 nitrogen and oxygen atoms in total. The first-order chi connectivity index (χ1) is 8.10. The van der Waals surface area contributed by atoms with Gasteiger partial charge in [-0.1, -0.05) is 30.4 Å². The van der Waals surface area contributed by atoms with Gasteiger partial charge in [0, 0.05) is 11.5 Å². The van der Waals surface area contributed by atoms with Gasteiger partial charge in [-0.3, -0.25) is 0 Å². The van der Waals surface area contributed by atoms with E-state index in [1.54, 1.807) is 0 Å². The van der Waals surface area contributed by atoms with Crippen molar-refractivity contribution < 1.29 is 0 Å². The minimum Gasteiger partial charge on any atom is -0.327 e. The maximum atomic E-state index is 6.42. The third kappa shape index (κ3) is 2.12. The summed E-state index contributed by atoms with van der Waals surface area (Å²) in [5.41, 5.74) is 9.65. The van der Waals surface area contributed by atoms with E-state index >= 15 is 0 Å². The fraction of sp³-hybridized carbons (Fsp3) is 0.600. The van der Waals surface area contributed by atoms with E-state index in [4.69, 9.17) is 5.73 Å². The zero-order chi connectivity index (χ0) is 12.5. The van der Waals surface area contributed by atoms with Crippen molar-refractivity contribution in [2.24, 2.45) is 11.1 Å². The number of allylic oxidation sites excluding steroid dienone is 3. The van der Waals surface area contributed by atoms with Crippen LogP contribution >= 0.6 is 0 Å². The molecule has 1 unspecified atom stereocenters. The normalized spacial score (nSPS) is 29.5. The second-order valence-corrected chi connectivity index (χ2v) is 5.52. The van der Waals surface area contributed by atoms with Gasteiger partial charge in [-0.15, -0.1) is 0 Å². The lowest BCUT2D eigenvalue weighted by Crippen LogP contribution is -2.47. The van der Waals surface area contributed by atoms with Crippen molar-refractivity contribution in [2.45, 2.75) is 32.2 Å². The first-order valence-electron chi connectivity index (χ1n) is 6.53. The SMILES string of the molecule is C=C/C=C\C1=C(C)C2(CCN(C)CC2)C(N)C1. The molecule has 0 radical (unpaired) electrons. The Morgan fingerprint density at radius 1 is 1.41 bits per heavy atom. The van der Waals surface area contributed by atoms with Crippen LogP contribution in [0, 0.1) is 5.41 Å². The molecule has 2 rings (SSSR count). The van der Waals surface area contributed by atoms with Crippen molar-refractivity contribution in [3.8, 4) is 0 Å². The highest BCUT2D eigenvalue weighted by Gasteiger charge is 2.45. The Balaban J connectivity index is 2.25. The predicted octanol–water partition coefficient (Wildman–Crippen LogP) is 2.49. The van der Waals surface area contributed by atoms with Gasteiger partial charge < -0.3 is 10.6 Å². The number of hydrogen-bond donors (Lipinski definition) is 1. The maximum absolute atomic E-state index is 6.42. The van der Waals surface area contributed by atoms with Crippen LogP contribution in [0.4, 0.5) is 0 Å². The molecule has 1 aliphatic carbocycles. The van der Waals surface area contributed by atoms with E-state index < -0.39 is 0 Å². The van der Waals surface area contributed by atoms with E-state index in [-0.39, 0.29) is 5.41 Å². The third-order valence-corrected chi connectivity index (χ3v) is 4.69. The van der Waals surface area contributed by atoms with Gasteiger partial charge >= 0.3 is 0 Å². The van der Waals surface area contributed by atoms with Crippen molar-refractivity contribution in [3.63, 3.8) is 0 Å². The van der Waals surface area contributed by atoms with Crippen LogP contribution in [0.2, 0.25) is 0 Å². The molecule has 1 aliphatic heterocycles. The third-order valence-electron chi connectivity index (χ3n) is 4.69. The van der Waals surface area contributed by atoms with Gasteiger partial charge in [-0.2, -0.15) is 0 Å². The second kappa shape index (κ2) is 4.79. The molecule has 1 fully saturated rings. The number of rotatable bonds is 2. The van der Waals surface area contributed by atoms with Gasteiger partial charge in [-0.25, -0.2) is 0 Å². The topological polar surface area (TPSA) is 29.3 Å². The Morgan fingerprint density at radius 2 is 2.06 bits per heavy atom. The molecule has 17 heavy (non-hydrogen) atoms. The first-order valence-corrected chi connectivity index (χ1v) is 6.53. The van der Waals surface area contributed by atoms with Gasteiger partial charge in [0.05, 0.1) is 0 Å². The van der Waals surface area contributed by atoms with Crippen molar-refractivity contribution in [1.82, 2.24) is 4.90 Å². The van der Waals surface area contributed by atoms with Gasteiger partial charge in [-0.05, 0) is 51.9 Å². The van der Waals surface area contributed by atoms with Gasteiger partial charge in [0.15, 0.2) is 0 Å². The molecular weight excluding hydrogens is 208 g/mol. The van der Waals surface area contributed by atoms with Crippen LogP contribution in [0.15, 0.2) is 36.0 Å². The zero-order valence-corrected chi connectivity index (χ0v) is 11.1. The highest BCUT2D eigenvalue weighted by molar-refractivity contribution is 5.38. The Hall–Kier alpha value is -0.860. The molecule has 0 aromatic rings. The molecule has 0 aromatic carbocycles. The van der Waals surface area contributed by atoms with Gasteiger partial charge in [0.1, 0.15) is 0 Å². The summed E-state index contributed by atoms with van der Waals surface area (Å²) >= 11 is 0. The molecule has 94 valence electrons. The van der Waals surface area contributed by atoms with Crippen LogP contribution in [0.1, 0.15) is 26.2 Å². The molecule has 0 amide bonds. The summed E-state index contributed by atoms with van der Waals surface area (Å²) in [5, 5.41) is 0. The molecule has 2 heteroatoms. The number of hydrogen-bond acceptors (Lipinski definition) is 2. The van der Waals surface area contributed by atoms with Gasteiger partial charge in [0.2, 0.25) is 0 Å². The average Bonchev–Trinajstić information content (AvgIpc) is 2.55. The van der Waals surface area contributed by atoms with Crippen LogP contribution in [0.25, 0.3) is 0 Å². The molecule has 0 saturated carbocycles. The molecule has 1 saturated heterocycles. The lowest BCUT2D eigenvalue weighted by Gasteiger charge is -2.42. The van der Waals surface area contributed by atoms with Crippen LogP contribution in [-0.2, 0) is 0 Å². The van der Waals surface area contributed by atoms with Crippen LogP contribution in [0.5, 0.6) is 0 Å². The van der Waals surface area contributed by atoms with E-state index in [1.165, 1.54) is 37.1 Å². The standard InChI is InChI=1S/C15H24N2/c1-4-5-6-13-11-14(16)15(12(13)2)7-9-17(3)10-8-15/h4-6,14H,1,7-11,16H2,2-3H3/b6-5-. The molecule has 1 spiro atoms. The summed E-state index contributed by atoms with van der Waals surface area (Å²) in [6.45, 7) is 8.35. The Bertz CT molecular complexity index is 357. The maximum Gasteiger partial charge on any atom is 0.0175 e. The largest absolute Gasteiger partial charge is 0.327 e. The zero-order valence-electron chi connectivity index (χ0n) is 11.1. The van der Waals surface area contributed by atoms with Crippen molar-refractivity contribution in [2.75, 3.05) is 20.1 Å². The second-order valence-electron chi connectivity index (χ2n) is 5.52. The summed E-state index contributed by atoms with van der Waals surface area (Å²) in [4.78, 5) is 2.41. The predicted molar refractivity (Wildman–Crippen MR) is 73.8 cm³/mol. The van der Waals surface area contributed by atoms with E-state index in [1.807, 2.05) is 12.2 Å². The highest BCUT2D eigenvalue weighted by atomic mass is 15.1. The Labute approximate surface area is 105 Å². The Morgan fingerprint density at radius 3 is 2.65 bits per heavy atom. The molecule has 2 aliphatic rings. The molecular formula is C15H24N2. The summed E-state index contributed by atoms with van der Waals surface area (Å²) in [6.07, 6.45) is 9.50. The molecule has 0 bridgehead atoms. The average molecular weight is 232 g/mol. The van der Waals surface area contributed by atoms with E-state index in [9.17, 15) is 0 Å². The van der Waals surface area contributed by atoms with Crippen LogP contribution in [-0.4, -0.2) is 31.1 Å². The van der Waals surface area contributed by atoms with Crippen LogP contribution in [0.3, 0.4) is 0 Å². The van der Waals surface area contributed by atoms with Crippen molar-refractivity contribution >= 4 is 0 Å². The summed E-state index contributed by atoms with van der Waals surface area (Å²) < 4.78 is 0. The quantitative estimate of drug-likeness (QED) is 0.741. The minimum atomic E-state index is 0.271. The van der Waals surface area contributed by atoms with E-state index in [0.717, 1.165) is 6.42 Å². The number of piperidine rings is 1. The summed E-state index contributed by atoms with van der Waals surface area (Å²) in [5.74, 6) is 0. The monoisotopic (exact) mass is 232 g/mol. The minimum absolute atomic E-state index is 0.271. The van der Waals surface area contributed by atoms with Crippen molar-refractivity contribution in [3.05, 3.63) is 36.0 Å². The smallest absolute Gasteiger partial charge is 0.0175 e. The molecule has 0 aromatic heterocycles. The summed E-state index contributed by atoms with van der Waals surface area (Å²) in [6, 6.07) is 0.306. The lowest BCUT2D eigenvalue weighted by atomic mass is 9.71. The number of nitrogens with zero attached hydrogens (tertiary/aromatic N) is 1. The number of likely N-dealkylation sites (tertiary alicyclic amines) is 1. The fourth-order valence-corrected chi connectivity index (χ4v) is 3.32.